The summed E-state index contributed by atoms with van der Waals surface area (Å²) in [5.74, 6) is -4.71. The van der Waals surface area contributed by atoms with E-state index in [2.05, 4.69) is 20.8 Å². The van der Waals surface area contributed by atoms with E-state index in [0.717, 1.165) is 32.1 Å². The maximum atomic E-state index is 14.7. The Morgan fingerprint density at radius 2 is 1.52 bits per heavy atom. The van der Waals surface area contributed by atoms with Crippen LogP contribution >= 0.6 is 0 Å². The van der Waals surface area contributed by atoms with E-state index >= 15 is 0 Å². The summed E-state index contributed by atoms with van der Waals surface area (Å²) in [5.41, 5.74) is -1.67. The molecule has 0 aromatic heterocycles. The number of rotatable bonds is 10. The maximum absolute atomic E-state index is 14.7. The van der Waals surface area contributed by atoms with Crippen LogP contribution in [-0.4, -0.2) is 89.5 Å². The SMILES string of the molecule is C[C@@H]1CC[C@H]2C(CN(CCCCO[C@@]3(C)O[C@@H]4O[C@]5(C)CCC6[C@H](C)CC[C@@H]([C@H]3C)[C@]64OO5)CC(=O)O)=C(C(F)(F)F)O[C@@H]3O[C@@]4(C)CCC1[C@]32O4. The fourth-order valence-corrected chi connectivity index (χ4v) is 11.8. The highest BCUT2D eigenvalue weighted by Crippen LogP contribution is 2.65. The van der Waals surface area contributed by atoms with Crippen LogP contribution in [0.5, 0.6) is 0 Å². The lowest BCUT2D eigenvalue weighted by Gasteiger charge is -2.62. The molecule has 52 heavy (non-hydrogen) atoms. The molecule has 1 N–H and O–H groups in total. The van der Waals surface area contributed by atoms with Gasteiger partial charge < -0.3 is 33.5 Å². The van der Waals surface area contributed by atoms with Crippen LogP contribution in [0.15, 0.2) is 11.3 Å². The Bertz CT molecular complexity index is 1450. The molecule has 7 heterocycles. The second-order valence-electron chi connectivity index (χ2n) is 17.8. The van der Waals surface area contributed by atoms with Gasteiger partial charge in [-0.2, -0.15) is 13.2 Å². The van der Waals surface area contributed by atoms with Crippen molar-refractivity contribution >= 4 is 5.97 Å². The molecule has 0 amide bonds. The van der Waals surface area contributed by atoms with Crippen molar-refractivity contribution in [3.8, 4) is 0 Å². The van der Waals surface area contributed by atoms with Gasteiger partial charge in [0.2, 0.25) is 17.8 Å². The Labute approximate surface area is 304 Å². The van der Waals surface area contributed by atoms with Crippen LogP contribution in [0.4, 0.5) is 13.2 Å². The third kappa shape index (κ3) is 5.78. The second kappa shape index (κ2) is 12.8. The highest BCUT2D eigenvalue weighted by Gasteiger charge is 2.73. The molecule has 9 rings (SSSR count). The first-order chi connectivity index (χ1) is 24.4. The summed E-state index contributed by atoms with van der Waals surface area (Å²) in [5, 5.41) is 9.85. The predicted molar refractivity (Wildman–Crippen MR) is 177 cm³/mol. The van der Waals surface area contributed by atoms with Gasteiger partial charge in [-0.15, -0.1) is 0 Å². The lowest BCUT2D eigenvalue weighted by atomic mass is 9.57. The van der Waals surface area contributed by atoms with Crippen LogP contribution in [0.2, 0.25) is 0 Å². The molecule has 8 fully saturated rings. The van der Waals surface area contributed by atoms with Crippen molar-refractivity contribution < 1.29 is 61.3 Å². The number of fused-ring (bicyclic) bond motifs is 3. The van der Waals surface area contributed by atoms with Gasteiger partial charge in [-0.25, -0.2) is 9.78 Å². The number of carboxylic acids is 1. The Hall–Kier alpha value is -1.52. The van der Waals surface area contributed by atoms with Gasteiger partial charge in [0.25, 0.3) is 0 Å². The van der Waals surface area contributed by atoms with E-state index in [4.69, 9.17) is 38.2 Å². The normalized spacial score (nSPS) is 49.3. The van der Waals surface area contributed by atoms with E-state index < -0.39 is 71.5 Å². The first-order valence-corrected chi connectivity index (χ1v) is 19.6. The molecule has 2 saturated carbocycles. The third-order valence-corrected chi connectivity index (χ3v) is 14.5. The minimum absolute atomic E-state index is 0.0225. The lowest BCUT2D eigenvalue weighted by molar-refractivity contribution is -0.585. The molecule has 4 bridgehead atoms. The van der Waals surface area contributed by atoms with E-state index in [0.29, 0.717) is 44.6 Å². The zero-order valence-electron chi connectivity index (χ0n) is 31.3. The predicted octanol–water partition coefficient (Wildman–Crippen LogP) is 6.90. The molecule has 0 aromatic carbocycles. The summed E-state index contributed by atoms with van der Waals surface area (Å²) in [6.07, 6.45) is 0.721. The van der Waals surface area contributed by atoms with Crippen molar-refractivity contribution in [2.45, 2.75) is 153 Å². The van der Waals surface area contributed by atoms with Gasteiger partial charge >= 0.3 is 12.1 Å². The van der Waals surface area contributed by atoms with Crippen molar-refractivity contribution in [3.63, 3.8) is 0 Å². The van der Waals surface area contributed by atoms with Gasteiger partial charge in [-0.05, 0) is 108 Å². The molecule has 6 saturated heterocycles. The van der Waals surface area contributed by atoms with Crippen LogP contribution in [0.1, 0.15) is 106 Å². The molecule has 11 nitrogen and oxygen atoms in total. The van der Waals surface area contributed by atoms with Crippen molar-refractivity contribution in [3.05, 3.63) is 11.3 Å². The number of hydrogen-bond donors (Lipinski definition) is 1. The van der Waals surface area contributed by atoms with E-state index in [1.807, 2.05) is 13.8 Å². The van der Waals surface area contributed by atoms with Crippen molar-refractivity contribution in [1.29, 1.82) is 0 Å². The van der Waals surface area contributed by atoms with Gasteiger partial charge in [0.1, 0.15) is 5.60 Å². The quantitative estimate of drug-likeness (QED) is 0.186. The van der Waals surface area contributed by atoms with Crippen molar-refractivity contribution in [2.24, 2.45) is 41.4 Å². The number of nitrogens with zero attached hydrogens (tertiary/aromatic N) is 1. The largest absolute Gasteiger partial charge is 0.480 e. The zero-order valence-corrected chi connectivity index (χ0v) is 31.3. The number of allylic oxidation sites excluding steroid dienone is 1. The van der Waals surface area contributed by atoms with Gasteiger partial charge in [0.05, 0.1) is 13.2 Å². The van der Waals surface area contributed by atoms with Gasteiger partial charge in [0, 0.05) is 37.1 Å². The van der Waals surface area contributed by atoms with E-state index in [-0.39, 0.29) is 48.3 Å². The number of unbranched alkanes of at least 4 members (excludes halogenated alkanes) is 1. The summed E-state index contributed by atoms with van der Waals surface area (Å²) in [4.78, 5) is 25.8. The molecule has 0 radical (unpaired) electrons. The number of carbonyl (C=O) groups is 1. The van der Waals surface area contributed by atoms with E-state index in [9.17, 15) is 23.1 Å². The molecule has 7 aliphatic heterocycles. The van der Waals surface area contributed by atoms with Crippen molar-refractivity contribution in [2.75, 3.05) is 26.2 Å². The summed E-state index contributed by atoms with van der Waals surface area (Å²) in [6, 6.07) is 0. The average Bonchev–Trinajstić information content (AvgIpc) is 3.13. The molecule has 0 aromatic rings. The van der Waals surface area contributed by atoms with Gasteiger partial charge in [0.15, 0.2) is 23.5 Å². The monoisotopic (exact) mass is 743 g/mol. The van der Waals surface area contributed by atoms with Crippen LogP contribution in [-0.2, 0) is 43.0 Å². The fraction of sp³-hybridized carbons (Fsp3) is 0.921. The number of hydrogen-bond acceptors (Lipinski definition) is 10. The smallest absolute Gasteiger partial charge is 0.449 e. The molecule has 9 aliphatic rings. The Morgan fingerprint density at radius 3 is 2.23 bits per heavy atom. The van der Waals surface area contributed by atoms with Crippen LogP contribution in [0, 0.1) is 41.4 Å². The number of halogens is 3. The maximum Gasteiger partial charge on any atom is 0.449 e. The second-order valence-corrected chi connectivity index (χ2v) is 17.8. The highest BCUT2D eigenvalue weighted by atomic mass is 19.4. The van der Waals surface area contributed by atoms with E-state index in [1.54, 1.807) is 11.8 Å². The third-order valence-electron chi connectivity index (χ3n) is 14.5. The molecule has 14 heteroatoms. The summed E-state index contributed by atoms with van der Waals surface area (Å²) in [7, 11) is 0. The Morgan fingerprint density at radius 1 is 0.846 bits per heavy atom. The lowest BCUT2D eigenvalue weighted by Crippen LogP contribution is -2.72. The standard InChI is InChI=1S/C38H56F3NO10/c1-21-10-12-28-24(30(38(39,40)41)46-31-36(28)25(21)13-15-33(4,47-31)50-36)19-42(20-29(43)44)17-7-8-18-45-35(6)23(3)27-11-9-22(2)26-14-16-34(5)48-32(49-35)37(26,27)52-51-34/h21-23,25-28,31-32H,7-20H2,1-6H3,(H,43,44)/t21-,22-,23-,25?,26?,27+,28+,31-,32+,33-,34+,35+,36-,37-/m1/s1. The molecule has 2 unspecified atom stereocenters. The topological polar surface area (TPSA) is 114 Å². The zero-order chi connectivity index (χ0) is 37.1. The first-order valence-electron chi connectivity index (χ1n) is 19.6. The Kier molecular flexibility index (Phi) is 9.18. The number of carboxylic acid groups (broad SMARTS) is 1. The number of ether oxygens (including phenoxy) is 6. The van der Waals surface area contributed by atoms with Gasteiger partial charge in [-0.1, -0.05) is 20.8 Å². The summed E-state index contributed by atoms with van der Waals surface area (Å²) in [6.45, 7) is 12.1. The minimum Gasteiger partial charge on any atom is -0.480 e. The van der Waals surface area contributed by atoms with Crippen LogP contribution in [0.25, 0.3) is 0 Å². The molecular weight excluding hydrogens is 687 g/mol. The molecule has 14 atom stereocenters. The fourth-order valence-electron chi connectivity index (χ4n) is 11.8. The average molecular weight is 744 g/mol. The first kappa shape index (κ1) is 37.4. The van der Waals surface area contributed by atoms with Crippen LogP contribution < -0.4 is 0 Å². The molecule has 294 valence electrons. The molecule has 2 aliphatic carbocycles. The molecule has 2 spiro atoms. The van der Waals surface area contributed by atoms with Crippen molar-refractivity contribution in [1.82, 2.24) is 4.90 Å². The van der Waals surface area contributed by atoms with Gasteiger partial charge in [-0.3, -0.25) is 9.69 Å². The number of alkyl halides is 3. The minimum atomic E-state index is -4.77. The number of aliphatic carboxylic acids is 1. The summed E-state index contributed by atoms with van der Waals surface area (Å²) >= 11 is 0. The molecular formula is C38H56F3NO10. The summed E-state index contributed by atoms with van der Waals surface area (Å²) < 4.78 is 82.4. The highest BCUT2D eigenvalue weighted by molar-refractivity contribution is 5.69. The van der Waals surface area contributed by atoms with E-state index in [1.165, 1.54) is 0 Å². The van der Waals surface area contributed by atoms with Crippen LogP contribution in [0.3, 0.4) is 0 Å². The Balaban J connectivity index is 0.957.